The van der Waals surface area contributed by atoms with Crippen molar-refractivity contribution in [2.45, 2.75) is 8.87 Å². The zero-order valence-electron chi connectivity index (χ0n) is 17.4. The van der Waals surface area contributed by atoms with Crippen molar-refractivity contribution in [1.82, 2.24) is 4.98 Å². The van der Waals surface area contributed by atoms with Crippen LogP contribution >= 0.6 is 17.8 Å². The number of pyridine rings is 2. The fourth-order valence-electron chi connectivity index (χ4n) is 3.72. The fourth-order valence-corrected chi connectivity index (χ4v) is 13.0. The van der Waals surface area contributed by atoms with Crippen molar-refractivity contribution in [2.24, 2.45) is 0 Å². The van der Waals surface area contributed by atoms with E-state index in [1.54, 1.807) is 6.07 Å². The molecule has 0 fully saturated rings. The number of H-pyrrole nitrogens is 1. The van der Waals surface area contributed by atoms with E-state index in [-0.39, 0.29) is 0 Å². The number of aromatic amines is 1. The van der Waals surface area contributed by atoms with Gasteiger partial charge in [0, 0.05) is 22.6 Å². The van der Waals surface area contributed by atoms with Gasteiger partial charge in [0.2, 0.25) is 6.20 Å². The molecule has 0 bridgehead atoms. The number of nitrogens with zero attached hydrogens (tertiary/aromatic N) is 1. The van der Waals surface area contributed by atoms with Crippen molar-refractivity contribution in [2.75, 3.05) is 0 Å². The summed E-state index contributed by atoms with van der Waals surface area (Å²) in [6.45, 7) is 0. The van der Waals surface area contributed by atoms with Crippen LogP contribution in [0.5, 0.6) is 0 Å². The van der Waals surface area contributed by atoms with Crippen LogP contribution in [0.1, 0.15) is 11.1 Å². The maximum absolute atomic E-state index is 11.7. The molecule has 3 aromatic carbocycles. The third-order valence-electron chi connectivity index (χ3n) is 5.17. The van der Waals surface area contributed by atoms with Gasteiger partial charge in [0.05, 0.1) is 9.81 Å². The molecular weight excluding hydrogens is 546 g/mol. The molecule has 3 nitrogen and oxygen atoms in total. The van der Waals surface area contributed by atoms with E-state index in [9.17, 15) is 4.91 Å². The van der Waals surface area contributed by atoms with E-state index < -0.39 is 16.1 Å². The van der Waals surface area contributed by atoms with Crippen LogP contribution in [0.25, 0.3) is 21.8 Å². The SMILES string of the molecule is O=[n+]1cccc2ccc3ccc[nH]c3c21.[Cl][Sn]([Cl])([CH2]c1ccccc1)[CH2]c1ccccc1. The molecule has 0 atom stereocenters. The second-order valence-corrected chi connectivity index (χ2v) is 25.6. The van der Waals surface area contributed by atoms with Crippen LogP contribution in [-0.2, 0) is 8.87 Å². The van der Waals surface area contributed by atoms with Crippen molar-refractivity contribution in [1.29, 1.82) is 0 Å². The van der Waals surface area contributed by atoms with E-state index >= 15 is 0 Å². The fraction of sp³-hybridized carbons (Fsp3) is 0.0769. The standard InChI is InChI=1S/C12H9N2O.2C7H7.2ClH.Sn/c15-14-8-2-4-10-6-5-9-3-1-7-13-11(9)12(10)14;2*1-7-5-3-2-4-6-7;;;/h1-8,13H;2*2-6H,1H2;2*1H;/q+1;;;;;+2/p-2. The number of halogens is 2. The first-order valence-electron chi connectivity index (χ1n) is 10.4. The van der Waals surface area contributed by atoms with Gasteiger partial charge >= 0.3 is 115 Å². The second kappa shape index (κ2) is 10.5. The normalized spacial score (nSPS) is 11.2. The summed E-state index contributed by atoms with van der Waals surface area (Å²) in [6, 6.07) is 32.1. The Hall–Kier alpha value is -2.34. The number of aromatic nitrogens is 2. The molecule has 5 rings (SSSR count). The molecule has 0 aliphatic carbocycles. The Bertz CT molecular complexity index is 1330. The molecule has 32 heavy (non-hydrogen) atoms. The molecule has 0 saturated carbocycles. The first-order valence-corrected chi connectivity index (χ1v) is 21.7. The van der Waals surface area contributed by atoms with Gasteiger partial charge in [-0.25, -0.2) is 0 Å². The van der Waals surface area contributed by atoms with E-state index in [0.717, 1.165) is 29.6 Å². The summed E-state index contributed by atoms with van der Waals surface area (Å²) in [7, 11) is 13.2. The van der Waals surface area contributed by atoms with E-state index in [4.69, 9.17) is 17.8 Å². The van der Waals surface area contributed by atoms with Crippen molar-refractivity contribution in [3.63, 3.8) is 0 Å². The average Bonchev–Trinajstić information content (AvgIpc) is 2.80. The Morgan fingerprint density at radius 3 is 1.88 bits per heavy atom. The zero-order chi connectivity index (χ0) is 22.4. The minimum absolute atomic E-state index is 0.690. The first kappa shape index (κ1) is 22.8. The number of benzene rings is 3. The molecule has 0 aliphatic heterocycles. The number of rotatable bonds is 4. The van der Waals surface area contributed by atoms with Crippen LogP contribution in [0.3, 0.4) is 0 Å². The maximum atomic E-state index is 11.7. The Morgan fingerprint density at radius 1 is 0.688 bits per heavy atom. The summed E-state index contributed by atoms with van der Waals surface area (Å²) in [5, 5.41) is 1.99. The van der Waals surface area contributed by atoms with Crippen LogP contribution in [0, 0.1) is 4.91 Å². The number of hydrogen-bond acceptors (Lipinski definition) is 1. The summed E-state index contributed by atoms with van der Waals surface area (Å²) >= 11 is -3.01. The van der Waals surface area contributed by atoms with Gasteiger partial charge in [-0.1, -0.05) is 12.1 Å². The van der Waals surface area contributed by atoms with Crippen LogP contribution in [-0.4, -0.2) is 21.1 Å². The van der Waals surface area contributed by atoms with Gasteiger partial charge in [-0.05, 0) is 18.2 Å². The van der Waals surface area contributed by atoms with Crippen LogP contribution in [0.15, 0.2) is 109 Å². The van der Waals surface area contributed by atoms with E-state index in [0.29, 0.717) is 5.52 Å². The van der Waals surface area contributed by atoms with Gasteiger partial charge in [0.1, 0.15) is 5.52 Å². The molecule has 5 aromatic rings. The van der Waals surface area contributed by atoms with Gasteiger partial charge in [-0.15, -0.1) is 0 Å². The Kier molecular flexibility index (Phi) is 7.51. The third kappa shape index (κ3) is 5.91. The molecule has 0 radical (unpaired) electrons. The Balaban J connectivity index is 0.000000154. The average molecular weight is 569 g/mol. The number of nitrogens with one attached hydrogen (secondary N) is 1. The zero-order valence-corrected chi connectivity index (χ0v) is 21.8. The van der Waals surface area contributed by atoms with Crippen LogP contribution in [0.2, 0.25) is 0 Å². The van der Waals surface area contributed by atoms with Crippen LogP contribution < -0.4 is 4.43 Å². The van der Waals surface area contributed by atoms with Crippen molar-refractivity contribution in [3.8, 4) is 0 Å². The van der Waals surface area contributed by atoms with E-state index in [1.807, 2.05) is 72.9 Å². The van der Waals surface area contributed by atoms with E-state index in [2.05, 4.69) is 29.2 Å². The van der Waals surface area contributed by atoms with Gasteiger partial charge < -0.3 is 4.98 Å². The molecular formula is C26H23Cl2N2OSn+. The molecule has 2 aromatic heterocycles. The van der Waals surface area contributed by atoms with Gasteiger partial charge in [0.15, 0.2) is 0 Å². The first-order chi connectivity index (χ1) is 15.5. The minimum atomic E-state index is -3.01. The quantitative estimate of drug-likeness (QED) is 0.146. The molecule has 160 valence electrons. The van der Waals surface area contributed by atoms with Crippen molar-refractivity contribution in [3.05, 3.63) is 125 Å². The molecule has 1 N–H and O–H groups in total. The molecule has 0 amide bonds. The van der Waals surface area contributed by atoms with Gasteiger partial charge in [-0.2, -0.15) is 0 Å². The summed E-state index contributed by atoms with van der Waals surface area (Å²) in [6.07, 6.45) is 3.34. The molecule has 0 aliphatic rings. The summed E-state index contributed by atoms with van der Waals surface area (Å²) in [4.78, 5) is 14.8. The van der Waals surface area contributed by atoms with Crippen molar-refractivity contribution < 1.29 is 4.43 Å². The predicted molar refractivity (Wildman–Crippen MR) is 137 cm³/mol. The summed E-state index contributed by atoms with van der Waals surface area (Å²) in [5.74, 6) is 0. The molecule has 0 spiro atoms. The molecule has 0 unspecified atom stereocenters. The summed E-state index contributed by atoms with van der Waals surface area (Å²) < 4.78 is 2.63. The van der Waals surface area contributed by atoms with Crippen molar-refractivity contribution >= 4 is 55.8 Å². The predicted octanol–water partition coefficient (Wildman–Crippen LogP) is 6.71. The summed E-state index contributed by atoms with van der Waals surface area (Å²) in [5.41, 5.74) is 4.08. The van der Waals surface area contributed by atoms with Gasteiger partial charge in [0.25, 0.3) is 5.52 Å². The monoisotopic (exact) mass is 569 g/mol. The van der Waals surface area contributed by atoms with Gasteiger partial charge in [-0.3, -0.25) is 0 Å². The second-order valence-electron chi connectivity index (χ2n) is 7.65. The topological polar surface area (TPSA) is 38.8 Å². The van der Waals surface area contributed by atoms with E-state index in [1.165, 1.54) is 17.3 Å². The van der Waals surface area contributed by atoms with Crippen LogP contribution in [0.4, 0.5) is 0 Å². The number of fused-ring (bicyclic) bond motifs is 3. The third-order valence-corrected chi connectivity index (χ3v) is 14.0. The molecule has 6 heteroatoms. The Morgan fingerprint density at radius 2 is 1.25 bits per heavy atom. The molecule has 0 saturated heterocycles. The number of hydrogen-bond donors (Lipinski definition) is 1. The Labute approximate surface area is 198 Å². The molecule has 2 heterocycles.